The van der Waals surface area contributed by atoms with E-state index in [2.05, 4.69) is 42.8 Å². The molecule has 84 valence electrons. The second kappa shape index (κ2) is 6.13. The summed E-state index contributed by atoms with van der Waals surface area (Å²) in [6.45, 7) is 6.41. The zero-order chi connectivity index (χ0) is 11.1. The van der Waals surface area contributed by atoms with Gasteiger partial charge in [-0.1, -0.05) is 19.9 Å². The molecule has 0 unspecified atom stereocenters. The summed E-state index contributed by atoms with van der Waals surface area (Å²) >= 11 is 4.18. The van der Waals surface area contributed by atoms with Crippen molar-refractivity contribution in [1.82, 2.24) is 10.3 Å². The Labute approximate surface area is 97.9 Å². The van der Waals surface area contributed by atoms with Crippen molar-refractivity contribution < 1.29 is 0 Å². The molecule has 0 amide bonds. The number of thiol groups is 1. The molecule has 2 nitrogen and oxygen atoms in total. The van der Waals surface area contributed by atoms with Gasteiger partial charge in [-0.05, 0) is 30.9 Å². The van der Waals surface area contributed by atoms with Gasteiger partial charge in [-0.15, -0.1) is 0 Å². The molecule has 1 aromatic heterocycles. The fraction of sp³-hybridized carbons (Fsp3) is 0.583. The van der Waals surface area contributed by atoms with Crippen LogP contribution in [0.15, 0.2) is 24.4 Å². The SMILES string of the molecule is CC(C)(CNCCCS)c1ccccn1. The van der Waals surface area contributed by atoms with Crippen LogP contribution < -0.4 is 5.32 Å². The Kier molecular flexibility index (Phi) is 5.12. The van der Waals surface area contributed by atoms with Gasteiger partial charge in [0.1, 0.15) is 0 Å². The van der Waals surface area contributed by atoms with E-state index >= 15 is 0 Å². The lowest BCUT2D eigenvalue weighted by Gasteiger charge is -2.24. The van der Waals surface area contributed by atoms with Crippen molar-refractivity contribution in [2.75, 3.05) is 18.8 Å². The first-order valence-electron chi connectivity index (χ1n) is 5.40. The van der Waals surface area contributed by atoms with Gasteiger partial charge >= 0.3 is 0 Å². The zero-order valence-corrected chi connectivity index (χ0v) is 10.4. The average Bonchev–Trinajstić information content (AvgIpc) is 2.26. The first-order valence-corrected chi connectivity index (χ1v) is 6.03. The minimum atomic E-state index is 0.0951. The fourth-order valence-electron chi connectivity index (χ4n) is 1.46. The standard InChI is InChI=1S/C12H20N2S/c1-12(2,10-13-7-5-9-15)11-6-3-4-8-14-11/h3-4,6,8,13,15H,5,7,9-10H2,1-2H3. The van der Waals surface area contributed by atoms with Gasteiger partial charge in [0.2, 0.25) is 0 Å². The minimum absolute atomic E-state index is 0.0951. The van der Waals surface area contributed by atoms with Crippen LogP contribution in [0.4, 0.5) is 0 Å². The third-order valence-corrected chi connectivity index (χ3v) is 2.75. The molecular formula is C12H20N2S. The van der Waals surface area contributed by atoms with Crippen LogP contribution >= 0.6 is 12.6 Å². The lowest BCUT2D eigenvalue weighted by atomic mass is 9.89. The molecule has 0 saturated carbocycles. The van der Waals surface area contributed by atoms with Crippen LogP contribution in [0.1, 0.15) is 26.0 Å². The summed E-state index contributed by atoms with van der Waals surface area (Å²) in [4.78, 5) is 4.39. The molecule has 0 bridgehead atoms. The van der Waals surface area contributed by atoms with Crippen molar-refractivity contribution >= 4 is 12.6 Å². The summed E-state index contributed by atoms with van der Waals surface area (Å²) in [7, 11) is 0. The van der Waals surface area contributed by atoms with Crippen molar-refractivity contribution in [3.63, 3.8) is 0 Å². The fourth-order valence-corrected chi connectivity index (χ4v) is 1.62. The summed E-state index contributed by atoms with van der Waals surface area (Å²) in [5.41, 5.74) is 1.24. The van der Waals surface area contributed by atoms with Crippen LogP contribution in [0.3, 0.4) is 0 Å². The molecule has 0 radical (unpaired) electrons. The molecule has 0 aromatic carbocycles. The van der Waals surface area contributed by atoms with Gasteiger partial charge in [0.15, 0.2) is 0 Å². The molecule has 0 atom stereocenters. The van der Waals surface area contributed by atoms with Gasteiger partial charge in [-0.3, -0.25) is 4.98 Å². The quantitative estimate of drug-likeness (QED) is 0.572. The maximum atomic E-state index is 4.39. The van der Waals surface area contributed by atoms with Crippen molar-refractivity contribution in [2.24, 2.45) is 0 Å². The van der Waals surface area contributed by atoms with E-state index in [-0.39, 0.29) is 5.41 Å². The maximum absolute atomic E-state index is 4.39. The van der Waals surface area contributed by atoms with Gasteiger partial charge in [0.25, 0.3) is 0 Å². The highest BCUT2D eigenvalue weighted by Gasteiger charge is 2.20. The number of hydrogen-bond donors (Lipinski definition) is 2. The highest BCUT2D eigenvalue weighted by molar-refractivity contribution is 7.80. The molecule has 0 saturated heterocycles. The predicted octanol–water partition coefficient (Wildman–Crippen LogP) is 2.27. The van der Waals surface area contributed by atoms with Gasteiger partial charge in [0, 0.05) is 23.9 Å². The second-order valence-electron chi connectivity index (χ2n) is 4.35. The van der Waals surface area contributed by atoms with Crippen molar-refractivity contribution in [3.05, 3.63) is 30.1 Å². The molecule has 0 aliphatic carbocycles. The first-order chi connectivity index (χ1) is 7.17. The van der Waals surface area contributed by atoms with E-state index in [1.54, 1.807) is 0 Å². The van der Waals surface area contributed by atoms with E-state index in [0.29, 0.717) is 0 Å². The van der Waals surface area contributed by atoms with Crippen LogP contribution in [-0.4, -0.2) is 23.8 Å². The number of hydrogen-bond acceptors (Lipinski definition) is 3. The number of pyridine rings is 1. The van der Waals surface area contributed by atoms with E-state index in [9.17, 15) is 0 Å². The van der Waals surface area contributed by atoms with Crippen molar-refractivity contribution in [1.29, 1.82) is 0 Å². The monoisotopic (exact) mass is 224 g/mol. The summed E-state index contributed by atoms with van der Waals surface area (Å²) in [6.07, 6.45) is 2.96. The molecule has 1 heterocycles. The normalized spacial score (nSPS) is 11.7. The molecule has 0 aliphatic heterocycles. The molecule has 0 aliphatic rings. The van der Waals surface area contributed by atoms with E-state index in [4.69, 9.17) is 0 Å². The Balaban J connectivity index is 2.45. The van der Waals surface area contributed by atoms with Crippen LogP contribution in [0, 0.1) is 0 Å². The molecule has 1 rings (SSSR count). The van der Waals surface area contributed by atoms with Crippen LogP contribution in [-0.2, 0) is 5.41 Å². The molecular weight excluding hydrogens is 204 g/mol. The van der Waals surface area contributed by atoms with E-state index < -0.39 is 0 Å². The lowest BCUT2D eigenvalue weighted by Crippen LogP contribution is -2.34. The third kappa shape index (κ3) is 4.22. The molecule has 1 N–H and O–H groups in total. The Morgan fingerprint density at radius 1 is 1.40 bits per heavy atom. The predicted molar refractivity (Wildman–Crippen MR) is 68.6 cm³/mol. The molecule has 0 fully saturated rings. The van der Waals surface area contributed by atoms with Gasteiger partial charge in [-0.25, -0.2) is 0 Å². The summed E-state index contributed by atoms with van der Waals surface area (Å²) in [5.74, 6) is 0.941. The molecule has 15 heavy (non-hydrogen) atoms. The van der Waals surface area contributed by atoms with Crippen molar-refractivity contribution in [3.8, 4) is 0 Å². The number of aromatic nitrogens is 1. The van der Waals surface area contributed by atoms with E-state index in [1.165, 1.54) is 0 Å². The number of nitrogens with one attached hydrogen (secondary N) is 1. The van der Waals surface area contributed by atoms with Crippen LogP contribution in [0.2, 0.25) is 0 Å². The maximum Gasteiger partial charge on any atom is 0.0472 e. The van der Waals surface area contributed by atoms with Crippen LogP contribution in [0.5, 0.6) is 0 Å². The van der Waals surface area contributed by atoms with Gasteiger partial charge in [0.05, 0.1) is 0 Å². The summed E-state index contributed by atoms with van der Waals surface area (Å²) in [5, 5.41) is 3.44. The first kappa shape index (κ1) is 12.5. The number of nitrogens with zero attached hydrogens (tertiary/aromatic N) is 1. The highest BCUT2D eigenvalue weighted by atomic mass is 32.1. The van der Waals surface area contributed by atoms with E-state index in [1.807, 2.05) is 18.3 Å². The molecule has 0 spiro atoms. The molecule has 3 heteroatoms. The Morgan fingerprint density at radius 3 is 2.80 bits per heavy atom. The lowest BCUT2D eigenvalue weighted by molar-refractivity contribution is 0.458. The topological polar surface area (TPSA) is 24.9 Å². The Hall–Kier alpha value is -0.540. The number of rotatable bonds is 6. The second-order valence-corrected chi connectivity index (χ2v) is 4.80. The highest BCUT2D eigenvalue weighted by Crippen LogP contribution is 2.19. The van der Waals surface area contributed by atoms with E-state index in [0.717, 1.165) is 31.0 Å². The molecule has 1 aromatic rings. The zero-order valence-electron chi connectivity index (χ0n) is 9.53. The van der Waals surface area contributed by atoms with Gasteiger partial charge < -0.3 is 5.32 Å². The largest absolute Gasteiger partial charge is 0.316 e. The van der Waals surface area contributed by atoms with Crippen molar-refractivity contribution in [2.45, 2.75) is 25.7 Å². The smallest absolute Gasteiger partial charge is 0.0472 e. The summed E-state index contributed by atoms with van der Waals surface area (Å²) < 4.78 is 0. The Bertz CT molecular complexity index is 272. The Morgan fingerprint density at radius 2 is 2.20 bits per heavy atom. The summed E-state index contributed by atoms with van der Waals surface area (Å²) in [6, 6.07) is 6.08. The average molecular weight is 224 g/mol. The van der Waals surface area contributed by atoms with Crippen LogP contribution in [0.25, 0.3) is 0 Å². The minimum Gasteiger partial charge on any atom is -0.316 e. The third-order valence-electron chi connectivity index (χ3n) is 2.44. The van der Waals surface area contributed by atoms with Gasteiger partial charge in [-0.2, -0.15) is 12.6 Å².